The van der Waals surface area contributed by atoms with Crippen molar-refractivity contribution in [3.05, 3.63) is 68.5 Å². The van der Waals surface area contributed by atoms with E-state index < -0.39 is 11.9 Å². The van der Waals surface area contributed by atoms with Crippen LogP contribution in [0.25, 0.3) is 0 Å². The quantitative estimate of drug-likeness (QED) is 0.228. The molecular formula is C31H36BrNO7S. The van der Waals surface area contributed by atoms with Crippen LogP contribution in [0.15, 0.2) is 57.3 Å². The molecule has 0 bridgehead atoms. The van der Waals surface area contributed by atoms with Crippen molar-refractivity contribution >= 4 is 39.4 Å². The van der Waals surface area contributed by atoms with Crippen LogP contribution in [0.4, 0.5) is 0 Å². The Morgan fingerprint density at radius 2 is 1.68 bits per heavy atom. The zero-order valence-corrected chi connectivity index (χ0v) is 26.6. The van der Waals surface area contributed by atoms with E-state index in [0.717, 1.165) is 22.6 Å². The van der Waals surface area contributed by atoms with Crippen LogP contribution < -0.4 is 24.3 Å². The van der Waals surface area contributed by atoms with Crippen molar-refractivity contribution in [1.29, 1.82) is 0 Å². The number of ether oxygens (including phenoxy) is 5. The molecule has 0 spiro atoms. The van der Waals surface area contributed by atoms with Crippen molar-refractivity contribution in [3.63, 3.8) is 0 Å². The molecular weight excluding hydrogens is 610 g/mol. The summed E-state index contributed by atoms with van der Waals surface area (Å²) in [5.74, 6) is 2.74. The number of thioether (sulfide) groups is 1. The highest BCUT2D eigenvalue weighted by atomic mass is 79.9. The molecule has 2 aromatic rings. The van der Waals surface area contributed by atoms with Gasteiger partial charge in [0, 0.05) is 35.1 Å². The van der Waals surface area contributed by atoms with Crippen molar-refractivity contribution in [2.75, 3.05) is 46.6 Å². The van der Waals surface area contributed by atoms with E-state index in [1.165, 1.54) is 0 Å². The van der Waals surface area contributed by atoms with E-state index in [1.807, 2.05) is 37.3 Å². The lowest BCUT2D eigenvalue weighted by Gasteiger charge is -2.37. The van der Waals surface area contributed by atoms with Gasteiger partial charge in [0.25, 0.3) is 0 Å². The summed E-state index contributed by atoms with van der Waals surface area (Å²) >= 11 is 5.29. The predicted octanol–water partition coefficient (Wildman–Crippen LogP) is 6.14. The molecule has 0 radical (unpaired) electrons. The third-order valence-corrected chi connectivity index (χ3v) is 8.83. The number of ketones is 1. The number of hydrogen-bond donors (Lipinski definition) is 1. The molecule has 0 amide bonds. The fourth-order valence-electron chi connectivity index (χ4n) is 5.51. The van der Waals surface area contributed by atoms with Gasteiger partial charge in [-0.3, -0.25) is 4.79 Å². The highest BCUT2D eigenvalue weighted by Crippen LogP contribution is 2.49. The number of dihydropyridines is 1. The number of esters is 1. The van der Waals surface area contributed by atoms with Gasteiger partial charge in [-0.1, -0.05) is 13.0 Å². The van der Waals surface area contributed by atoms with E-state index in [9.17, 15) is 9.59 Å². The Balaban J connectivity index is 1.79. The summed E-state index contributed by atoms with van der Waals surface area (Å²) in [4.78, 5) is 27.6. The lowest BCUT2D eigenvalue weighted by molar-refractivity contribution is -0.138. The molecule has 0 unspecified atom stereocenters. The van der Waals surface area contributed by atoms with Crippen LogP contribution in [0.2, 0.25) is 0 Å². The summed E-state index contributed by atoms with van der Waals surface area (Å²) in [6, 6.07) is 9.45. The Kier molecular flexibility index (Phi) is 10.3. The average molecular weight is 647 g/mol. The minimum Gasteiger partial charge on any atom is -0.493 e. The Labute approximate surface area is 253 Å². The van der Waals surface area contributed by atoms with Gasteiger partial charge >= 0.3 is 5.97 Å². The van der Waals surface area contributed by atoms with Crippen molar-refractivity contribution in [3.8, 4) is 23.0 Å². The Hall–Kier alpha value is -3.11. The molecule has 10 heteroatoms. The molecule has 1 heterocycles. The second-order valence-electron chi connectivity index (χ2n) is 9.70. The van der Waals surface area contributed by atoms with Crippen molar-refractivity contribution < 1.29 is 33.3 Å². The van der Waals surface area contributed by atoms with E-state index in [2.05, 4.69) is 28.2 Å². The Morgan fingerprint density at radius 3 is 2.34 bits per heavy atom. The van der Waals surface area contributed by atoms with Gasteiger partial charge in [0.1, 0.15) is 6.61 Å². The van der Waals surface area contributed by atoms with Crippen LogP contribution >= 0.6 is 27.7 Å². The average Bonchev–Trinajstić information content (AvgIpc) is 2.97. The predicted molar refractivity (Wildman–Crippen MR) is 163 cm³/mol. The topological polar surface area (TPSA) is 92.3 Å². The minimum atomic E-state index is -0.632. The molecule has 1 aliphatic carbocycles. The van der Waals surface area contributed by atoms with Gasteiger partial charge in [0.05, 0.1) is 38.5 Å². The fourth-order valence-corrected chi connectivity index (χ4v) is 6.62. The van der Waals surface area contributed by atoms with Gasteiger partial charge in [-0.25, -0.2) is 4.79 Å². The molecule has 4 rings (SSSR count). The second kappa shape index (κ2) is 13.7. The number of carbonyl (C=O) groups is 2. The number of carbonyl (C=O) groups excluding carboxylic acids is 2. The SMILES string of the molecule is CCSCCOC(=O)C1=C(C)NC2=C(C(=O)C[C@@H](c3ccc(OC)c(OC)c3)C2)[C@H]1c1cc(Br)c(OC)c(OC)c1. The van der Waals surface area contributed by atoms with E-state index in [4.69, 9.17) is 23.7 Å². The number of rotatable bonds is 11. The molecule has 0 aromatic heterocycles. The van der Waals surface area contributed by atoms with Gasteiger partial charge in [-0.05, 0) is 76.3 Å². The highest BCUT2D eigenvalue weighted by Gasteiger charge is 2.42. The van der Waals surface area contributed by atoms with Crippen molar-refractivity contribution in [1.82, 2.24) is 5.32 Å². The first kappa shape index (κ1) is 30.8. The summed E-state index contributed by atoms with van der Waals surface area (Å²) in [5.41, 5.74) is 4.16. The maximum atomic E-state index is 14.0. The number of methoxy groups -OCH3 is 4. The lowest BCUT2D eigenvalue weighted by Crippen LogP contribution is -2.36. The van der Waals surface area contributed by atoms with Crippen LogP contribution in [0, 0.1) is 0 Å². The summed E-state index contributed by atoms with van der Waals surface area (Å²) in [6.07, 6.45) is 0.879. The minimum absolute atomic E-state index is 0.0335. The monoisotopic (exact) mass is 645 g/mol. The Morgan fingerprint density at radius 1 is 0.976 bits per heavy atom. The van der Waals surface area contributed by atoms with Crippen LogP contribution in [0.1, 0.15) is 49.7 Å². The molecule has 220 valence electrons. The number of hydrogen-bond acceptors (Lipinski definition) is 9. The summed E-state index contributed by atoms with van der Waals surface area (Å²) < 4.78 is 28.4. The number of allylic oxidation sites excluding steroid dienone is 3. The molecule has 1 N–H and O–H groups in total. The third kappa shape index (κ3) is 6.38. The van der Waals surface area contributed by atoms with Gasteiger partial charge in [-0.15, -0.1) is 0 Å². The molecule has 2 aromatic carbocycles. The standard InChI is InChI=1S/C31H36BrNO7S/c1-7-41-11-10-40-31(35)27-17(2)33-22-13-19(18-8-9-24(36-3)25(15-18)37-4)14-23(34)29(22)28(27)20-12-21(32)30(39-6)26(16-20)38-5/h8-9,12,15-16,19,28,33H,7,10-11,13-14H2,1-6H3/t19-,28-/m0/s1. The van der Waals surface area contributed by atoms with Crippen molar-refractivity contribution in [2.45, 2.75) is 38.5 Å². The smallest absolute Gasteiger partial charge is 0.336 e. The third-order valence-electron chi connectivity index (χ3n) is 7.38. The van der Waals surface area contributed by atoms with E-state index in [-0.39, 0.29) is 24.7 Å². The summed E-state index contributed by atoms with van der Waals surface area (Å²) in [5, 5.41) is 3.41. The maximum absolute atomic E-state index is 14.0. The van der Waals surface area contributed by atoms with Crippen LogP contribution in [0.3, 0.4) is 0 Å². The van der Waals surface area contributed by atoms with E-state index >= 15 is 0 Å². The van der Waals surface area contributed by atoms with Gasteiger partial charge in [0.15, 0.2) is 28.8 Å². The van der Waals surface area contributed by atoms with Crippen LogP contribution in [0.5, 0.6) is 23.0 Å². The number of Topliss-reactive ketones (excluding diaryl/α,β-unsaturated/α-hetero) is 1. The van der Waals surface area contributed by atoms with E-state index in [0.29, 0.717) is 56.5 Å². The van der Waals surface area contributed by atoms with Crippen molar-refractivity contribution in [2.24, 2.45) is 0 Å². The molecule has 0 saturated heterocycles. The van der Waals surface area contributed by atoms with Crippen LogP contribution in [-0.2, 0) is 14.3 Å². The summed E-state index contributed by atoms with van der Waals surface area (Å²) in [6.45, 7) is 4.21. The molecule has 2 aliphatic rings. The second-order valence-corrected chi connectivity index (χ2v) is 12.0. The maximum Gasteiger partial charge on any atom is 0.336 e. The zero-order valence-electron chi connectivity index (χ0n) is 24.2. The van der Waals surface area contributed by atoms with Gasteiger partial charge < -0.3 is 29.0 Å². The van der Waals surface area contributed by atoms with E-state index in [1.54, 1.807) is 40.2 Å². The molecule has 2 atom stereocenters. The number of nitrogens with one attached hydrogen (secondary N) is 1. The largest absolute Gasteiger partial charge is 0.493 e. The zero-order chi connectivity index (χ0) is 29.7. The molecule has 8 nitrogen and oxygen atoms in total. The first-order valence-corrected chi connectivity index (χ1v) is 15.3. The normalized spacial score (nSPS) is 18.5. The fraction of sp³-hybridized carbons (Fsp3) is 0.419. The first-order chi connectivity index (χ1) is 19.8. The lowest BCUT2D eigenvalue weighted by atomic mass is 9.71. The molecule has 41 heavy (non-hydrogen) atoms. The van der Waals surface area contributed by atoms with Crippen LogP contribution in [-0.4, -0.2) is 58.3 Å². The molecule has 1 aliphatic heterocycles. The first-order valence-electron chi connectivity index (χ1n) is 13.4. The molecule has 0 fully saturated rings. The number of benzene rings is 2. The van der Waals surface area contributed by atoms with Gasteiger partial charge in [-0.2, -0.15) is 11.8 Å². The highest BCUT2D eigenvalue weighted by molar-refractivity contribution is 9.10. The number of halogens is 1. The molecule has 0 saturated carbocycles. The van der Waals surface area contributed by atoms with Gasteiger partial charge in [0.2, 0.25) is 0 Å². The summed E-state index contributed by atoms with van der Waals surface area (Å²) in [7, 11) is 6.31. The Bertz CT molecular complexity index is 1390.